The van der Waals surface area contributed by atoms with Gasteiger partial charge in [0.2, 0.25) is 11.8 Å². The fourth-order valence-electron chi connectivity index (χ4n) is 8.20. The van der Waals surface area contributed by atoms with Crippen molar-refractivity contribution in [1.82, 2.24) is 0 Å². The van der Waals surface area contributed by atoms with Gasteiger partial charge in [0.1, 0.15) is 5.82 Å². The molecule has 3 aliphatic rings. The van der Waals surface area contributed by atoms with Crippen molar-refractivity contribution in [3.05, 3.63) is 174 Å². The van der Waals surface area contributed by atoms with Crippen LogP contribution in [0.15, 0.2) is 146 Å². The number of carbonyl (C=O) groups excluding carboxylic acids is 3. The lowest BCUT2D eigenvalue weighted by atomic mass is 9.59. The van der Waals surface area contributed by atoms with E-state index >= 15 is 9.18 Å². The highest BCUT2D eigenvalue weighted by molar-refractivity contribution is 6.39. The fraction of sp³-hybridized carbons (Fsp3) is 0.103. The molecule has 2 amide bonds. The number of anilines is 1. The number of halogens is 1. The zero-order valence-electron chi connectivity index (χ0n) is 23.6. The van der Waals surface area contributed by atoms with Gasteiger partial charge in [-0.1, -0.05) is 133 Å². The van der Waals surface area contributed by atoms with Crippen LogP contribution in [0.4, 0.5) is 10.1 Å². The standard InChI is InChI=1S/C39H26FNO3/c40-29-23-13-14-24-30(29)41-35(42)33-34(36(41)43)39(28-21-11-4-12-22-28)32(26-17-7-2-8-18-26)31(25-15-5-1-6-16-25)38(33,37(39)44)27-19-9-3-10-20-27/h1-24,33-34H/t33-,34-,38-,39+/m1/s1. The number of rotatable bonds is 5. The van der Waals surface area contributed by atoms with E-state index in [4.69, 9.17) is 0 Å². The summed E-state index contributed by atoms with van der Waals surface area (Å²) in [6.07, 6.45) is 0. The maximum Gasteiger partial charge on any atom is 0.239 e. The van der Waals surface area contributed by atoms with Crippen molar-refractivity contribution in [2.24, 2.45) is 11.8 Å². The van der Waals surface area contributed by atoms with Crippen molar-refractivity contribution in [1.29, 1.82) is 0 Å². The third-order valence-electron chi connectivity index (χ3n) is 9.67. The lowest BCUT2D eigenvalue weighted by Crippen LogP contribution is -2.45. The second-order valence-corrected chi connectivity index (χ2v) is 11.6. The second-order valence-electron chi connectivity index (χ2n) is 11.6. The van der Waals surface area contributed by atoms with E-state index in [1.807, 2.05) is 121 Å². The number of carbonyl (C=O) groups is 3. The number of hydrogen-bond donors (Lipinski definition) is 0. The lowest BCUT2D eigenvalue weighted by Gasteiger charge is -2.39. The van der Waals surface area contributed by atoms with Gasteiger partial charge < -0.3 is 0 Å². The maximum absolute atomic E-state index is 15.8. The molecule has 1 aliphatic heterocycles. The Hall–Kier alpha value is -5.42. The first kappa shape index (κ1) is 26.2. The number of hydrogen-bond acceptors (Lipinski definition) is 3. The number of allylic oxidation sites excluding steroid dienone is 2. The Balaban J connectivity index is 1.57. The minimum absolute atomic E-state index is 0.0994. The number of nitrogens with zero attached hydrogens (tertiary/aromatic N) is 1. The van der Waals surface area contributed by atoms with Crippen LogP contribution in [0, 0.1) is 17.7 Å². The monoisotopic (exact) mass is 575 g/mol. The van der Waals surface area contributed by atoms with Crippen LogP contribution in [0.5, 0.6) is 0 Å². The molecule has 0 unspecified atom stereocenters. The smallest absolute Gasteiger partial charge is 0.239 e. The summed E-state index contributed by atoms with van der Waals surface area (Å²) in [5.74, 6) is -4.19. The number of Topliss-reactive ketones (excluding diaryl/α,β-unsaturated/α-hetero) is 1. The Morgan fingerprint density at radius 3 is 1.25 bits per heavy atom. The summed E-state index contributed by atoms with van der Waals surface area (Å²) >= 11 is 0. The first-order chi connectivity index (χ1) is 21.5. The Labute approximate surface area is 254 Å². The fourth-order valence-corrected chi connectivity index (χ4v) is 8.20. The van der Waals surface area contributed by atoms with Crippen LogP contribution in [0.3, 0.4) is 0 Å². The van der Waals surface area contributed by atoms with E-state index in [9.17, 15) is 9.59 Å². The number of ketones is 1. The quantitative estimate of drug-likeness (QED) is 0.212. The minimum atomic E-state index is -1.51. The Morgan fingerprint density at radius 1 is 0.477 bits per heavy atom. The van der Waals surface area contributed by atoms with Gasteiger partial charge in [-0.25, -0.2) is 9.29 Å². The average Bonchev–Trinajstić information content (AvgIpc) is 3.59. The molecule has 1 heterocycles. The molecule has 0 spiro atoms. The zero-order chi connectivity index (χ0) is 30.1. The van der Waals surface area contributed by atoms with Gasteiger partial charge in [0.05, 0.1) is 28.4 Å². The third-order valence-corrected chi connectivity index (χ3v) is 9.67. The molecule has 5 aromatic rings. The zero-order valence-corrected chi connectivity index (χ0v) is 23.6. The van der Waals surface area contributed by atoms with E-state index in [0.29, 0.717) is 22.3 Å². The average molecular weight is 576 g/mol. The third kappa shape index (κ3) is 3.13. The summed E-state index contributed by atoms with van der Waals surface area (Å²) in [6.45, 7) is 0. The molecule has 4 nitrogen and oxygen atoms in total. The highest BCUT2D eigenvalue weighted by Gasteiger charge is 2.82. The largest absolute Gasteiger partial charge is 0.297 e. The van der Waals surface area contributed by atoms with Gasteiger partial charge in [-0.2, -0.15) is 0 Å². The minimum Gasteiger partial charge on any atom is -0.297 e. The predicted molar refractivity (Wildman–Crippen MR) is 167 cm³/mol. The van der Waals surface area contributed by atoms with Crippen molar-refractivity contribution in [3.8, 4) is 0 Å². The van der Waals surface area contributed by atoms with Crippen LogP contribution in [0.1, 0.15) is 22.3 Å². The first-order valence-electron chi connectivity index (χ1n) is 14.7. The summed E-state index contributed by atoms with van der Waals surface area (Å²) in [5, 5.41) is 0. The number of imide groups is 1. The van der Waals surface area contributed by atoms with Crippen LogP contribution in [-0.2, 0) is 25.2 Å². The molecule has 8 rings (SSSR count). The van der Waals surface area contributed by atoms with Crippen molar-refractivity contribution in [2.45, 2.75) is 10.8 Å². The van der Waals surface area contributed by atoms with Gasteiger partial charge in [-0.3, -0.25) is 14.4 Å². The topological polar surface area (TPSA) is 54.5 Å². The summed E-state index contributed by atoms with van der Waals surface area (Å²) in [7, 11) is 0. The highest BCUT2D eigenvalue weighted by atomic mass is 19.1. The molecule has 2 fully saturated rings. The molecule has 5 heteroatoms. The van der Waals surface area contributed by atoms with Crippen molar-refractivity contribution < 1.29 is 18.8 Å². The molecule has 212 valence electrons. The van der Waals surface area contributed by atoms with Gasteiger partial charge in [-0.05, 0) is 45.5 Å². The van der Waals surface area contributed by atoms with Gasteiger partial charge in [0.15, 0.2) is 5.78 Å². The maximum atomic E-state index is 15.8. The molecule has 1 saturated carbocycles. The predicted octanol–water partition coefficient (Wildman–Crippen LogP) is 7.01. The van der Waals surface area contributed by atoms with Crippen LogP contribution in [0.25, 0.3) is 11.1 Å². The van der Waals surface area contributed by atoms with Crippen molar-refractivity contribution in [3.63, 3.8) is 0 Å². The molecule has 1 saturated heterocycles. The van der Waals surface area contributed by atoms with Crippen molar-refractivity contribution >= 4 is 34.4 Å². The summed E-state index contributed by atoms with van der Waals surface area (Å²) in [4.78, 5) is 46.4. The number of amides is 2. The molecule has 0 N–H and O–H groups in total. The van der Waals surface area contributed by atoms with E-state index in [0.717, 1.165) is 16.0 Å². The van der Waals surface area contributed by atoms with E-state index < -0.39 is 40.3 Å². The second kappa shape index (κ2) is 9.55. The molecule has 5 aromatic carbocycles. The number of benzene rings is 5. The Kier molecular flexibility index (Phi) is 5.69. The van der Waals surface area contributed by atoms with Gasteiger partial charge in [0, 0.05) is 0 Å². The van der Waals surface area contributed by atoms with Gasteiger partial charge >= 0.3 is 0 Å². The normalized spacial score (nSPS) is 25.6. The molecule has 0 radical (unpaired) electrons. The molecule has 2 bridgehead atoms. The van der Waals surface area contributed by atoms with Crippen LogP contribution in [-0.4, -0.2) is 17.6 Å². The SMILES string of the molecule is O=C1[C@H]2[C@H](C(=O)N1c1ccccc1F)[C@]1(c3ccccc3)C(=O)[C@@]2(c2ccccc2)C(c2ccccc2)=C1c1ccccc1. The van der Waals surface area contributed by atoms with Crippen molar-refractivity contribution in [2.75, 3.05) is 4.90 Å². The number of fused-ring (bicyclic) bond motifs is 5. The highest BCUT2D eigenvalue weighted by Crippen LogP contribution is 2.74. The first-order valence-corrected chi connectivity index (χ1v) is 14.7. The lowest BCUT2D eigenvalue weighted by molar-refractivity contribution is -0.130. The van der Waals surface area contributed by atoms with E-state index in [2.05, 4.69) is 0 Å². The van der Waals surface area contributed by atoms with Crippen LogP contribution < -0.4 is 4.90 Å². The Bertz CT molecular complexity index is 1870. The van der Waals surface area contributed by atoms with E-state index in [-0.39, 0.29) is 11.5 Å². The molecule has 2 aliphatic carbocycles. The molecule has 0 aromatic heterocycles. The van der Waals surface area contributed by atoms with Gasteiger partial charge in [0.25, 0.3) is 0 Å². The summed E-state index contributed by atoms with van der Waals surface area (Å²) < 4.78 is 15.3. The molecular weight excluding hydrogens is 549 g/mol. The van der Waals surface area contributed by atoms with Crippen LogP contribution in [0.2, 0.25) is 0 Å². The van der Waals surface area contributed by atoms with E-state index in [1.54, 1.807) is 6.07 Å². The summed E-state index contributed by atoms with van der Waals surface area (Å²) in [5.41, 5.74) is 1.16. The molecular formula is C39H26FNO3. The van der Waals surface area contributed by atoms with Crippen LogP contribution >= 0.6 is 0 Å². The van der Waals surface area contributed by atoms with Gasteiger partial charge in [-0.15, -0.1) is 0 Å². The molecule has 4 atom stereocenters. The number of para-hydroxylation sites is 1. The van der Waals surface area contributed by atoms with E-state index in [1.165, 1.54) is 18.2 Å². The Morgan fingerprint density at radius 2 is 0.841 bits per heavy atom. The summed E-state index contributed by atoms with van der Waals surface area (Å²) in [6, 6.07) is 43.8. The molecule has 44 heavy (non-hydrogen) atoms.